The van der Waals surface area contributed by atoms with Gasteiger partial charge in [0.15, 0.2) is 0 Å². The lowest BCUT2D eigenvalue weighted by atomic mass is 9.68. The van der Waals surface area contributed by atoms with Crippen molar-refractivity contribution in [1.82, 2.24) is 20.0 Å². The number of hydrogen-bond donors (Lipinski definition) is 3. The van der Waals surface area contributed by atoms with Crippen molar-refractivity contribution in [1.29, 1.82) is 0 Å². The average molecular weight is 855 g/mol. The molecule has 2 saturated carbocycles. The van der Waals surface area contributed by atoms with Gasteiger partial charge in [-0.15, -0.1) is 0 Å². The predicted octanol–water partition coefficient (Wildman–Crippen LogP) is 7.64. The van der Waals surface area contributed by atoms with Gasteiger partial charge in [0.05, 0.1) is 24.0 Å². The number of ether oxygens (including phenoxy) is 2. The summed E-state index contributed by atoms with van der Waals surface area (Å²) < 4.78 is 10.2. The third-order valence-corrected chi connectivity index (χ3v) is 15.7. The zero-order valence-corrected chi connectivity index (χ0v) is 36.4. The van der Waals surface area contributed by atoms with Crippen LogP contribution < -0.4 is 16.0 Å². The fraction of sp³-hybridized carbons (Fsp3) is 0.653. The SMILES string of the molecule is C.CCOC(=O)N1CCC2(CCN(C3CCC4(CC3)C(=O)Nc3ccccc34)CC2)C1.CCOC(=O)N1CCC2(CCNCC2)C1.O=C1CCC2(CC1)C(=O)Nc1ccccc12. The number of rotatable bonds is 3. The number of anilines is 2. The Kier molecular flexibility index (Phi) is 14.0. The van der Waals surface area contributed by atoms with Crippen molar-refractivity contribution in [3.63, 3.8) is 0 Å². The molecular formula is C49H70N6O7. The van der Waals surface area contributed by atoms with E-state index in [2.05, 4.69) is 33.0 Å². The summed E-state index contributed by atoms with van der Waals surface area (Å²) in [6.07, 6.45) is 13.1. The van der Waals surface area contributed by atoms with Crippen LogP contribution in [0.2, 0.25) is 0 Å². The number of piperidine rings is 2. The molecule has 10 rings (SSSR count). The molecule has 2 aromatic rings. The lowest BCUT2D eigenvalue weighted by Crippen LogP contribution is -2.50. The van der Waals surface area contributed by atoms with Gasteiger partial charge >= 0.3 is 12.2 Å². The van der Waals surface area contributed by atoms with Crippen LogP contribution in [0.1, 0.15) is 122 Å². The number of fused-ring (bicyclic) bond motifs is 4. The molecule has 6 aliphatic heterocycles. The second-order valence-electron chi connectivity index (χ2n) is 19.0. The van der Waals surface area contributed by atoms with E-state index in [0.29, 0.717) is 50.4 Å². The molecule has 0 bridgehead atoms. The van der Waals surface area contributed by atoms with Crippen LogP contribution in [0.4, 0.5) is 21.0 Å². The molecule has 13 nitrogen and oxygen atoms in total. The lowest BCUT2D eigenvalue weighted by molar-refractivity contribution is -0.126. The van der Waals surface area contributed by atoms with E-state index >= 15 is 0 Å². The molecule has 0 unspecified atom stereocenters. The molecule has 6 fully saturated rings. The molecule has 4 amide bonds. The lowest BCUT2D eigenvalue weighted by Gasteiger charge is -2.46. The van der Waals surface area contributed by atoms with E-state index in [1.807, 2.05) is 60.0 Å². The highest BCUT2D eigenvalue weighted by Crippen LogP contribution is 2.50. The smallest absolute Gasteiger partial charge is 0.409 e. The molecule has 13 heteroatoms. The number of benzene rings is 2. The van der Waals surface area contributed by atoms with Crippen molar-refractivity contribution in [2.45, 2.75) is 128 Å². The number of ketones is 1. The highest BCUT2D eigenvalue weighted by atomic mass is 16.6. The first-order valence-electron chi connectivity index (χ1n) is 23.2. The molecule has 4 spiro atoms. The first-order valence-corrected chi connectivity index (χ1v) is 23.2. The summed E-state index contributed by atoms with van der Waals surface area (Å²) in [5.41, 5.74) is 4.14. The van der Waals surface area contributed by atoms with Crippen molar-refractivity contribution < 1.29 is 33.4 Å². The molecule has 0 atom stereocenters. The zero-order valence-electron chi connectivity index (χ0n) is 36.4. The molecule has 6 heterocycles. The molecule has 4 saturated heterocycles. The Morgan fingerprint density at radius 2 is 1.05 bits per heavy atom. The van der Waals surface area contributed by atoms with E-state index in [1.54, 1.807) is 0 Å². The minimum atomic E-state index is -0.426. The Bertz CT molecular complexity index is 1940. The summed E-state index contributed by atoms with van der Waals surface area (Å²) in [7, 11) is 0. The number of carbonyl (C=O) groups excluding carboxylic acids is 5. The van der Waals surface area contributed by atoms with Crippen LogP contribution in [0, 0.1) is 10.8 Å². The number of nitrogens with one attached hydrogen (secondary N) is 3. The molecule has 2 aromatic carbocycles. The molecule has 8 aliphatic rings. The maximum Gasteiger partial charge on any atom is 0.409 e. The Hall–Kier alpha value is -4.49. The number of nitrogens with zero attached hydrogens (tertiary/aromatic N) is 3. The van der Waals surface area contributed by atoms with E-state index < -0.39 is 5.41 Å². The highest BCUT2D eigenvalue weighted by molar-refractivity contribution is 6.07. The van der Waals surface area contributed by atoms with E-state index in [1.165, 1.54) is 18.4 Å². The number of para-hydroxylation sites is 2. The van der Waals surface area contributed by atoms with Gasteiger partial charge in [0, 0.05) is 56.4 Å². The molecular weight excluding hydrogens is 785 g/mol. The number of carbonyl (C=O) groups is 5. The minimum absolute atomic E-state index is 0. The second kappa shape index (κ2) is 19.1. The van der Waals surface area contributed by atoms with Gasteiger partial charge in [-0.25, -0.2) is 9.59 Å². The van der Waals surface area contributed by atoms with Crippen LogP contribution >= 0.6 is 0 Å². The number of amides is 4. The van der Waals surface area contributed by atoms with Gasteiger partial charge in [0.25, 0.3) is 0 Å². The van der Waals surface area contributed by atoms with Crippen molar-refractivity contribution in [2.24, 2.45) is 10.8 Å². The van der Waals surface area contributed by atoms with Crippen molar-refractivity contribution >= 4 is 41.2 Å². The fourth-order valence-corrected chi connectivity index (χ4v) is 11.9. The van der Waals surface area contributed by atoms with Crippen LogP contribution in [-0.4, -0.2) is 116 Å². The van der Waals surface area contributed by atoms with Gasteiger partial charge in [-0.1, -0.05) is 43.8 Å². The van der Waals surface area contributed by atoms with Crippen LogP contribution in [0.25, 0.3) is 0 Å². The van der Waals surface area contributed by atoms with Crippen LogP contribution in [-0.2, 0) is 34.7 Å². The Balaban J connectivity index is 0.000000153. The van der Waals surface area contributed by atoms with Gasteiger partial charge < -0.3 is 40.1 Å². The van der Waals surface area contributed by atoms with E-state index in [4.69, 9.17) is 9.47 Å². The van der Waals surface area contributed by atoms with Crippen molar-refractivity contribution in [2.75, 3.05) is 76.2 Å². The van der Waals surface area contributed by atoms with Gasteiger partial charge in [0.1, 0.15) is 5.78 Å². The van der Waals surface area contributed by atoms with Gasteiger partial charge in [-0.05, 0) is 151 Å². The number of likely N-dealkylation sites (tertiary alicyclic amines) is 3. The van der Waals surface area contributed by atoms with Gasteiger partial charge in [0.2, 0.25) is 11.8 Å². The van der Waals surface area contributed by atoms with Gasteiger partial charge in [-0.3, -0.25) is 14.4 Å². The van der Waals surface area contributed by atoms with Crippen LogP contribution in [0.5, 0.6) is 0 Å². The first kappa shape index (κ1) is 45.5. The predicted molar refractivity (Wildman–Crippen MR) is 240 cm³/mol. The van der Waals surface area contributed by atoms with Crippen LogP contribution in [0.15, 0.2) is 48.5 Å². The Morgan fingerprint density at radius 1 is 0.613 bits per heavy atom. The molecule has 62 heavy (non-hydrogen) atoms. The van der Waals surface area contributed by atoms with Crippen molar-refractivity contribution in [3.05, 3.63) is 59.7 Å². The molecule has 338 valence electrons. The molecule has 3 N–H and O–H groups in total. The first-order chi connectivity index (χ1) is 29.5. The fourth-order valence-electron chi connectivity index (χ4n) is 11.9. The summed E-state index contributed by atoms with van der Waals surface area (Å²) in [6.45, 7) is 12.5. The topological polar surface area (TPSA) is 150 Å². The largest absolute Gasteiger partial charge is 0.450 e. The second-order valence-corrected chi connectivity index (χ2v) is 19.0. The van der Waals surface area contributed by atoms with Crippen LogP contribution in [0.3, 0.4) is 0 Å². The zero-order chi connectivity index (χ0) is 42.7. The Labute approximate surface area is 368 Å². The third kappa shape index (κ3) is 8.98. The highest BCUT2D eigenvalue weighted by Gasteiger charge is 2.51. The summed E-state index contributed by atoms with van der Waals surface area (Å²) in [4.78, 5) is 66.3. The van der Waals surface area contributed by atoms with E-state index in [-0.39, 0.29) is 48.0 Å². The number of hydrogen-bond acceptors (Lipinski definition) is 9. The Morgan fingerprint density at radius 3 is 1.53 bits per heavy atom. The summed E-state index contributed by atoms with van der Waals surface area (Å²) >= 11 is 0. The minimum Gasteiger partial charge on any atom is -0.450 e. The maximum absolute atomic E-state index is 12.8. The summed E-state index contributed by atoms with van der Waals surface area (Å²) in [5, 5.41) is 9.41. The molecule has 2 aliphatic carbocycles. The van der Waals surface area contributed by atoms with Crippen molar-refractivity contribution in [3.8, 4) is 0 Å². The summed E-state index contributed by atoms with van der Waals surface area (Å²) in [5.74, 6) is 0.550. The van der Waals surface area contributed by atoms with Gasteiger partial charge in [-0.2, -0.15) is 0 Å². The monoisotopic (exact) mass is 855 g/mol. The molecule has 0 radical (unpaired) electrons. The standard InChI is InChI=1S/C24H33N3O3.C13H13NO2.C11H20N2O2.CH4/c1-2-30-22(29)27-16-13-23(17-27)11-14-26(15-12-23)18-7-9-24(10-8-18)19-5-3-4-6-20(19)25-21(24)28;15-9-5-7-13(8-6-9)10-3-1-2-4-11(10)14-12(13)16;1-2-15-10(14)13-8-5-11(9-13)3-6-12-7-4-11;/h3-6,18H,2,7-17H2,1H3,(H,25,28);1-4H,5-8H2,(H,14,16);12H,2-9H2,1H3;1H4. The van der Waals surface area contributed by atoms with E-state index in [0.717, 1.165) is 121 Å². The maximum atomic E-state index is 12.8. The normalized spacial score (nSPS) is 26.4. The number of Topliss-reactive ketones (excluding diaryl/α,β-unsaturated/α-hetero) is 1. The summed E-state index contributed by atoms with van der Waals surface area (Å²) in [6, 6.07) is 16.6. The molecule has 0 aromatic heterocycles. The quantitative estimate of drug-likeness (QED) is 0.283. The van der Waals surface area contributed by atoms with E-state index in [9.17, 15) is 24.0 Å². The average Bonchev–Trinajstić information content (AvgIpc) is 4.03. The third-order valence-electron chi connectivity index (χ3n) is 15.7.